The lowest BCUT2D eigenvalue weighted by Gasteiger charge is -2.37. The van der Waals surface area contributed by atoms with Crippen molar-refractivity contribution in [2.75, 3.05) is 18.4 Å². The Bertz CT molecular complexity index is 1660. The van der Waals surface area contributed by atoms with Crippen molar-refractivity contribution in [1.82, 2.24) is 20.2 Å². The Hall–Kier alpha value is -4.21. The molecule has 0 saturated carbocycles. The highest BCUT2D eigenvalue weighted by molar-refractivity contribution is 6.31. The van der Waals surface area contributed by atoms with E-state index in [2.05, 4.69) is 39.4 Å². The van der Waals surface area contributed by atoms with E-state index < -0.39 is 11.6 Å². The van der Waals surface area contributed by atoms with Crippen LogP contribution in [-0.2, 0) is 13.0 Å². The summed E-state index contributed by atoms with van der Waals surface area (Å²) in [4.78, 5) is 16.0. The van der Waals surface area contributed by atoms with E-state index in [0.29, 0.717) is 52.1 Å². The highest BCUT2D eigenvalue weighted by Crippen LogP contribution is 2.34. The van der Waals surface area contributed by atoms with Crippen molar-refractivity contribution in [3.05, 3.63) is 106 Å². The van der Waals surface area contributed by atoms with Gasteiger partial charge in [-0.25, -0.2) is 18.7 Å². The molecule has 0 amide bonds. The second kappa shape index (κ2) is 11.6. The van der Waals surface area contributed by atoms with Gasteiger partial charge in [-0.1, -0.05) is 35.9 Å². The highest BCUT2D eigenvalue weighted by atomic mass is 35.5. The van der Waals surface area contributed by atoms with E-state index in [4.69, 9.17) is 22.0 Å². The summed E-state index contributed by atoms with van der Waals surface area (Å²) < 4.78 is 29.6. The number of nitrogens with one attached hydrogen (secondary N) is 3. The molecule has 0 radical (unpaired) electrons. The number of aliphatic imine (C=N–C) groups is 1. The van der Waals surface area contributed by atoms with Crippen LogP contribution in [0.5, 0.6) is 0 Å². The zero-order chi connectivity index (χ0) is 29.4. The van der Waals surface area contributed by atoms with E-state index in [-0.39, 0.29) is 17.8 Å². The molecule has 3 N–H and O–H groups in total. The van der Waals surface area contributed by atoms with E-state index >= 15 is 0 Å². The molecule has 0 aliphatic carbocycles. The van der Waals surface area contributed by atoms with Gasteiger partial charge in [-0.05, 0) is 55.8 Å². The topological polar surface area (TPSA) is 89.3 Å². The fourth-order valence-corrected chi connectivity index (χ4v) is 5.78. The molecule has 3 aromatic carbocycles. The Labute approximate surface area is 248 Å². The third-order valence-electron chi connectivity index (χ3n) is 7.48. The number of hydrogen-bond acceptors (Lipinski definition) is 6. The first kappa shape index (κ1) is 27.9. The molecule has 1 aromatic heterocycles. The number of amidine groups is 1. The molecule has 42 heavy (non-hydrogen) atoms. The minimum absolute atomic E-state index is 0.149. The van der Waals surface area contributed by atoms with E-state index in [1.54, 1.807) is 24.4 Å². The van der Waals surface area contributed by atoms with Gasteiger partial charge in [0.05, 0.1) is 23.5 Å². The number of hydrogen-bond donors (Lipinski definition) is 3. The number of fused-ring (bicyclic) bond motifs is 3. The lowest BCUT2D eigenvalue weighted by molar-refractivity contribution is 0.251. The highest BCUT2D eigenvalue weighted by Gasteiger charge is 2.26. The van der Waals surface area contributed by atoms with Crippen molar-refractivity contribution in [2.45, 2.75) is 38.9 Å². The molecule has 6 rings (SSSR count). The fraction of sp³-hybridized carbons (Fsp3) is 0.250. The maximum absolute atomic E-state index is 14.8. The average molecular weight is 586 g/mol. The summed E-state index contributed by atoms with van der Waals surface area (Å²) in [5.74, 6) is -0.413. The van der Waals surface area contributed by atoms with Crippen molar-refractivity contribution in [2.24, 2.45) is 4.99 Å². The minimum atomic E-state index is -0.699. The Morgan fingerprint density at radius 2 is 1.74 bits per heavy atom. The zero-order valence-electron chi connectivity index (χ0n) is 23.3. The Balaban J connectivity index is 1.24. The molecule has 10 heteroatoms. The van der Waals surface area contributed by atoms with Crippen molar-refractivity contribution in [3.8, 4) is 11.3 Å². The van der Waals surface area contributed by atoms with Gasteiger partial charge in [0.2, 0.25) is 5.95 Å². The number of aromatic nitrogens is 2. The van der Waals surface area contributed by atoms with Gasteiger partial charge >= 0.3 is 0 Å². The summed E-state index contributed by atoms with van der Waals surface area (Å²) >= 11 is 6.32. The minimum Gasteiger partial charge on any atom is -0.357 e. The van der Waals surface area contributed by atoms with Gasteiger partial charge < -0.3 is 15.5 Å². The lowest BCUT2D eigenvalue weighted by Crippen LogP contribution is -2.56. The van der Waals surface area contributed by atoms with Crippen molar-refractivity contribution in [1.29, 1.82) is 5.41 Å². The SMILES string of the molecule is CC1CN(C(=N)Cc2ccc(Nc3ncc4c(n3)-c3ccc(Cl)cc3C(c3c(F)cccc3F)=NC4)cc2)CC(C)N1. The molecule has 1 fully saturated rings. The lowest BCUT2D eigenvalue weighted by atomic mass is 9.95. The van der Waals surface area contributed by atoms with E-state index in [1.165, 1.54) is 18.2 Å². The number of anilines is 2. The van der Waals surface area contributed by atoms with Crippen LogP contribution in [0.25, 0.3) is 11.3 Å². The quantitative estimate of drug-likeness (QED) is 0.187. The van der Waals surface area contributed by atoms with Gasteiger partial charge in [-0.2, -0.15) is 0 Å². The molecule has 214 valence electrons. The summed E-state index contributed by atoms with van der Waals surface area (Å²) in [6.45, 7) is 6.09. The van der Waals surface area contributed by atoms with Crippen molar-refractivity contribution in [3.63, 3.8) is 0 Å². The Morgan fingerprint density at radius 1 is 1.02 bits per heavy atom. The number of piperazine rings is 1. The van der Waals surface area contributed by atoms with Gasteiger partial charge in [-0.3, -0.25) is 10.4 Å². The summed E-state index contributed by atoms with van der Waals surface area (Å²) in [6.07, 6.45) is 2.23. The molecular weight excluding hydrogens is 556 g/mol. The first-order valence-electron chi connectivity index (χ1n) is 13.8. The molecule has 2 atom stereocenters. The van der Waals surface area contributed by atoms with Gasteiger partial charge in [0, 0.05) is 65.2 Å². The summed E-state index contributed by atoms with van der Waals surface area (Å²) in [6, 6.07) is 17.5. The van der Waals surface area contributed by atoms with E-state index in [0.717, 1.165) is 29.9 Å². The van der Waals surface area contributed by atoms with Crippen LogP contribution in [0.4, 0.5) is 20.4 Å². The maximum atomic E-state index is 14.8. The van der Waals surface area contributed by atoms with Crippen LogP contribution < -0.4 is 10.6 Å². The smallest absolute Gasteiger partial charge is 0.227 e. The second-order valence-electron chi connectivity index (χ2n) is 10.8. The molecule has 7 nitrogen and oxygen atoms in total. The van der Waals surface area contributed by atoms with E-state index in [1.807, 2.05) is 24.3 Å². The van der Waals surface area contributed by atoms with Crippen LogP contribution in [0.3, 0.4) is 0 Å². The van der Waals surface area contributed by atoms with Crippen LogP contribution in [0, 0.1) is 17.0 Å². The molecule has 3 heterocycles. The van der Waals surface area contributed by atoms with E-state index in [9.17, 15) is 8.78 Å². The van der Waals surface area contributed by atoms with Gasteiger partial charge in [0.1, 0.15) is 17.5 Å². The number of halogens is 3. The zero-order valence-corrected chi connectivity index (χ0v) is 24.0. The van der Waals surface area contributed by atoms with Crippen molar-refractivity contribution < 1.29 is 8.78 Å². The predicted octanol–water partition coefficient (Wildman–Crippen LogP) is 6.37. The summed E-state index contributed by atoms with van der Waals surface area (Å²) in [5, 5.41) is 15.8. The standard InChI is InChI=1S/C32H30ClF2N7/c1-18-16-42(17-19(2)39-18)28(36)12-20-6-9-23(10-7-20)40-32-38-15-21-14-37-31(29-26(34)4-3-5-27(29)35)25-13-22(33)8-11-24(25)30(21)41-32/h3-11,13,15,18-19,36,39H,12,14,16-17H2,1-2H3,(H,38,40,41). The molecule has 2 aliphatic rings. The molecule has 0 bridgehead atoms. The largest absolute Gasteiger partial charge is 0.357 e. The number of nitrogens with zero attached hydrogens (tertiary/aromatic N) is 4. The third-order valence-corrected chi connectivity index (χ3v) is 7.72. The van der Waals surface area contributed by atoms with Crippen LogP contribution in [0.15, 0.2) is 71.9 Å². The van der Waals surface area contributed by atoms with Crippen molar-refractivity contribution >= 4 is 34.8 Å². The summed E-state index contributed by atoms with van der Waals surface area (Å²) in [7, 11) is 0. The van der Waals surface area contributed by atoms with Gasteiger partial charge in [0.15, 0.2) is 0 Å². The molecular formula is C32H30ClF2N7. The molecule has 4 aromatic rings. The van der Waals surface area contributed by atoms with Crippen LogP contribution >= 0.6 is 11.6 Å². The molecule has 2 aliphatic heterocycles. The monoisotopic (exact) mass is 585 g/mol. The van der Waals surface area contributed by atoms with Gasteiger partial charge in [-0.15, -0.1) is 0 Å². The molecule has 2 unspecified atom stereocenters. The Kier molecular flexibility index (Phi) is 7.70. The molecule has 0 spiro atoms. The van der Waals surface area contributed by atoms with Crippen LogP contribution in [0.2, 0.25) is 5.02 Å². The average Bonchev–Trinajstić information content (AvgIpc) is 3.10. The third kappa shape index (κ3) is 5.75. The number of rotatable bonds is 5. The molecule has 1 saturated heterocycles. The second-order valence-corrected chi connectivity index (χ2v) is 11.3. The summed E-state index contributed by atoms with van der Waals surface area (Å²) in [5.41, 5.74) is 4.31. The number of benzene rings is 3. The maximum Gasteiger partial charge on any atom is 0.227 e. The normalized spacial score (nSPS) is 18.0. The first-order valence-corrected chi connectivity index (χ1v) is 14.2. The first-order chi connectivity index (χ1) is 20.2. The fourth-order valence-electron chi connectivity index (χ4n) is 5.61. The Morgan fingerprint density at radius 3 is 2.45 bits per heavy atom. The van der Waals surface area contributed by atoms with Crippen LogP contribution in [-0.4, -0.2) is 51.6 Å². The van der Waals surface area contributed by atoms with Crippen LogP contribution in [0.1, 0.15) is 36.1 Å². The van der Waals surface area contributed by atoms with Gasteiger partial charge in [0.25, 0.3) is 0 Å². The predicted molar refractivity (Wildman–Crippen MR) is 163 cm³/mol.